The highest BCUT2D eigenvalue weighted by Gasteiger charge is 2.12. The summed E-state index contributed by atoms with van der Waals surface area (Å²) in [6.45, 7) is 0. The molecule has 16 heavy (non-hydrogen) atoms. The summed E-state index contributed by atoms with van der Waals surface area (Å²) in [7, 11) is 0. The van der Waals surface area contributed by atoms with Crippen molar-refractivity contribution in [3.63, 3.8) is 0 Å². The molecule has 0 atom stereocenters. The molecule has 0 bridgehead atoms. The van der Waals surface area contributed by atoms with Crippen molar-refractivity contribution in [2.75, 3.05) is 0 Å². The van der Waals surface area contributed by atoms with Gasteiger partial charge in [-0.15, -0.1) is 0 Å². The zero-order chi connectivity index (χ0) is 11.5. The fourth-order valence-corrected chi connectivity index (χ4v) is 1.35. The molecule has 5 heteroatoms. The fraction of sp³-hybridized carbons (Fsp3) is 0. The third-order valence-electron chi connectivity index (χ3n) is 2.10. The number of aromatic nitrogens is 1. The Kier molecular flexibility index (Phi) is 2.59. The molecule has 0 aliphatic carbocycles. The monoisotopic (exact) mass is 218 g/mol. The van der Waals surface area contributed by atoms with E-state index >= 15 is 0 Å². The summed E-state index contributed by atoms with van der Waals surface area (Å²) in [6.07, 6.45) is 1.54. The molecule has 0 saturated heterocycles. The number of nitro benzene ring substituents is 1. The number of pyridine rings is 1. The van der Waals surface area contributed by atoms with Gasteiger partial charge >= 0.3 is 0 Å². The van der Waals surface area contributed by atoms with Crippen LogP contribution in [-0.4, -0.2) is 9.91 Å². The van der Waals surface area contributed by atoms with Crippen molar-refractivity contribution in [1.82, 2.24) is 4.98 Å². The smallest absolute Gasteiger partial charge is 0.258 e. The van der Waals surface area contributed by atoms with Crippen LogP contribution in [-0.2, 0) is 0 Å². The topological polar surface area (TPSA) is 56.0 Å². The summed E-state index contributed by atoms with van der Waals surface area (Å²) in [5.74, 6) is -0.645. The highest BCUT2D eigenvalue weighted by molar-refractivity contribution is 5.61. The molecule has 0 unspecified atom stereocenters. The lowest BCUT2D eigenvalue weighted by Gasteiger charge is -2.01. The number of nitro groups is 1. The SMILES string of the molecule is O=[N+]([O-])c1ccc(-c2ccccn2)c(F)c1. The molecular formula is C11H7FN2O2. The Morgan fingerprint density at radius 1 is 1.25 bits per heavy atom. The molecule has 0 radical (unpaired) electrons. The molecule has 2 aromatic rings. The summed E-state index contributed by atoms with van der Waals surface area (Å²) in [6, 6.07) is 8.59. The van der Waals surface area contributed by atoms with Gasteiger partial charge < -0.3 is 0 Å². The minimum Gasteiger partial charge on any atom is -0.258 e. The summed E-state index contributed by atoms with van der Waals surface area (Å²) < 4.78 is 13.6. The zero-order valence-electron chi connectivity index (χ0n) is 8.13. The van der Waals surface area contributed by atoms with E-state index in [2.05, 4.69) is 4.98 Å². The van der Waals surface area contributed by atoms with Gasteiger partial charge in [-0.05, 0) is 18.2 Å². The number of rotatable bonds is 2. The summed E-state index contributed by atoms with van der Waals surface area (Å²) in [4.78, 5) is 13.8. The Labute approximate surface area is 90.5 Å². The number of hydrogen-bond donors (Lipinski definition) is 0. The maximum Gasteiger partial charge on any atom is 0.272 e. The van der Waals surface area contributed by atoms with Crippen LogP contribution < -0.4 is 0 Å². The van der Waals surface area contributed by atoms with Crippen molar-refractivity contribution < 1.29 is 9.31 Å². The molecule has 0 N–H and O–H groups in total. The third kappa shape index (κ3) is 1.88. The van der Waals surface area contributed by atoms with E-state index in [9.17, 15) is 14.5 Å². The molecular weight excluding hydrogens is 211 g/mol. The van der Waals surface area contributed by atoms with Crippen molar-refractivity contribution >= 4 is 5.69 Å². The first-order valence-electron chi connectivity index (χ1n) is 4.54. The molecule has 80 valence electrons. The number of nitrogens with zero attached hydrogens (tertiary/aromatic N) is 2. The second-order valence-electron chi connectivity index (χ2n) is 3.14. The maximum atomic E-state index is 13.6. The Morgan fingerprint density at radius 3 is 2.62 bits per heavy atom. The van der Waals surface area contributed by atoms with Crippen LogP contribution in [0.3, 0.4) is 0 Å². The standard InChI is InChI=1S/C11H7FN2O2/c12-10-7-8(14(15)16)4-5-9(10)11-3-1-2-6-13-11/h1-7H. The molecule has 0 aliphatic heterocycles. The molecule has 1 aromatic heterocycles. The summed E-state index contributed by atoms with van der Waals surface area (Å²) >= 11 is 0. The van der Waals surface area contributed by atoms with Gasteiger partial charge in [-0.25, -0.2) is 4.39 Å². The van der Waals surface area contributed by atoms with Gasteiger partial charge in [0.2, 0.25) is 0 Å². The lowest BCUT2D eigenvalue weighted by atomic mass is 10.1. The van der Waals surface area contributed by atoms with E-state index in [-0.39, 0.29) is 11.3 Å². The van der Waals surface area contributed by atoms with Gasteiger partial charge in [0.1, 0.15) is 5.82 Å². The van der Waals surface area contributed by atoms with Crippen LogP contribution in [0.25, 0.3) is 11.3 Å². The van der Waals surface area contributed by atoms with E-state index in [1.54, 1.807) is 18.2 Å². The van der Waals surface area contributed by atoms with Crippen molar-refractivity contribution in [3.8, 4) is 11.3 Å². The average molecular weight is 218 g/mol. The van der Waals surface area contributed by atoms with E-state index in [1.165, 1.54) is 18.3 Å². The van der Waals surface area contributed by atoms with E-state index < -0.39 is 10.7 Å². The number of benzene rings is 1. The average Bonchev–Trinajstić information content (AvgIpc) is 2.30. The first kappa shape index (κ1) is 10.2. The molecule has 1 heterocycles. The van der Waals surface area contributed by atoms with Gasteiger partial charge in [0.05, 0.1) is 16.7 Å². The van der Waals surface area contributed by atoms with Gasteiger partial charge in [0, 0.05) is 17.8 Å². The largest absolute Gasteiger partial charge is 0.272 e. The van der Waals surface area contributed by atoms with E-state index in [0.717, 1.165) is 6.07 Å². The van der Waals surface area contributed by atoms with Gasteiger partial charge in [0.15, 0.2) is 0 Å². The van der Waals surface area contributed by atoms with Crippen LogP contribution in [0.2, 0.25) is 0 Å². The fourth-order valence-electron chi connectivity index (χ4n) is 1.35. The predicted molar refractivity (Wildman–Crippen MR) is 56.3 cm³/mol. The first-order chi connectivity index (χ1) is 7.68. The van der Waals surface area contributed by atoms with Crippen LogP contribution in [0.1, 0.15) is 0 Å². The molecule has 0 amide bonds. The Bertz CT molecular complexity index is 529. The molecule has 0 saturated carbocycles. The lowest BCUT2D eigenvalue weighted by molar-refractivity contribution is -0.385. The van der Waals surface area contributed by atoms with Crippen molar-refractivity contribution in [2.24, 2.45) is 0 Å². The second-order valence-corrected chi connectivity index (χ2v) is 3.14. The normalized spacial score (nSPS) is 10.1. The van der Waals surface area contributed by atoms with Crippen LogP contribution in [0, 0.1) is 15.9 Å². The summed E-state index contributed by atoms with van der Waals surface area (Å²) in [5.41, 5.74) is 0.443. The zero-order valence-corrected chi connectivity index (χ0v) is 8.13. The van der Waals surface area contributed by atoms with Crippen LogP contribution in [0.5, 0.6) is 0 Å². The van der Waals surface area contributed by atoms with Gasteiger partial charge in [0.25, 0.3) is 5.69 Å². The van der Waals surface area contributed by atoms with Crippen molar-refractivity contribution in [3.05, 3.63) is 58.5 Å². The molecule has 1 aromatic carbocycles. The van der Waals surface area contributed by atoms with E-state index in [0.29, 0.717) is 5.69 Å². The molecule has 0 spiro atoms. The highest BCUT2D eigenvalue weighted by Crippen LogP contribution is 2.24. The lowest BCUT2D eigenvalue weighted by Crippen LogP contribution is -1.92. The van der Waals surface area contributed by atoms with Crippen molar-refractivity contribution in [1.29, 1.82) is 0 Å². The Balaban J connectivity index is 2.48. The highest BCUT2D eigenvalue weighted by atomic mass is 19.1. The van der Waals surface area contributed by atoms with Gasteiger partial charge in [-0.2, -0.15) is 0 Å². The molecule has 0 fully saturated rings. The summed E-state index contributed by atoms with van der Waals surface area (Å²) in [5, 5.41) is 10.4. The van der Waals surface area contributed by atoms with Gasteiger partial charge in [-0.1, -0.05) is 6.07 Å². The minimum atomic E-state index is -0.645. The first-order valence-corrected chi connectivity index (χ1v) is 4.54. The second kappa shape index (κ2) is 4.06. The van der Waals surface area contributed by atoms with Crippen LogP contribution in [0.4, 0.5) is 10.1 Å². The van der Waals surface area contributed by atoms with Crippen molar-refractivity contribution in [2.45, 2.75) is 0 Å². The molecule has 4 nitrogen and oxygen atoms in total. The maximum absolute atomic E-state index is 13.6. The third-order valence-corrected chi connectivity index (χ3v) is 2.10. The number of hydrogen-bond acceptors (Lipinski definition) is 3. The Hall–Kier alpha value is -2.30. The quantitative estimate of drug-likeness (QED) is 0.575. The number of non-ortho nitro benzene ring substituents is 1. The van der Waals surface area contributed by atoms with E-state index in [1.807, 2.05) is 0 Å². The van der Waals surface area contributed by atoms with Gasteiger partial charge in [-0.3, -0.25) is 15.1 Å². The molecule has 0 aliphatic rings. The Morgan fingerprint density at radius 2 is 2.06 bits per heavy atom. The number of halogens is 1. The minimum absolute atomic E-state index is 0.256. The predicted octanol–water partition coefficient (Wildman–Crippen LogP) is 2.80. The van der Waals surface area contributed by atoms with Crippen LogP contribution in [0.15, 0.2) is 42.6 Å². The van der Waals surface area contributed by atoms with Crippen LogP contribution >= 0.6 is 0 Å². The molecule has 2 rings (SSSR count). The van der Waals surface area contributed by atoms with E-state index in [4.69, 9.17) is 0 Å².